The van der Waals surface area contributed by atoms with Crippen LogP contribution in [0.4, 0.5) is 0 Å². The zero-order valence-corrected chi connectivity index (χ0v) is 25.2. The van der Waals surface area contributed by atoms with E-state index in [9.17, 15) is 29.7 Å². The fourth-order valence-electron chi connectivity index (χ4n) is 6.99. The van der Waals surface area contributed by atoms with Gasteiger partial charge >= 0.3 is 17.9 Å². The molecule has 0 radical (unpaired) electrons. The van der Waals surface area contributed by atoms with Crippen LogP contribution < -0.4 is 0 Å². The third-order valence-corrected chi connectivity index (χ3v) is 9.26. The maximum absolute atomic E-state index is 12.3. The van der Waals surface area contributed by atoms with Crippen molar-refractivity contribution < 1.29 is 29.7 Å². The molecule has 2 aliphatic rings. The van der Waals surface area contributed by atoms with Crippen molar-refractivity contribution in [3.8, 4) is 0 Å². The quantitative estimate of drug-likeness (QED) is 0.135. The fourth-order valence-corrected chi connectivity index (χ4v) is 6.99. The summed E-state index contributed by atoms with van der Waals surface area (Å²) in [5.41, 5.74) is 2.92. The van der Waals surface area contributed by atoms with Crippen molar-refractivity contribution >= 4 is 24.0 Å². The average molecular weight is 569 g/mol. The molecule has 0 fully saturated rings. The molecule has 3 N–H and O–H groups in total. The molecule has 0 spiro atoms. The summed E-state index contributed by atoms with van der Waals surface area (Å²) in [6, 6.07) is 1.62. The summed E-state index contributed by atoms with van der Waals surface area (Å²) in [5, 5.41) is 29.4. The van der Waals surface area contributed by atoms with Gasteiger partial charge in [0.25, 0.3) is 0 Å². The summed E-state index contributed by atoms with van der Waals surface area (Å²) in [5.74, 6) is -3.47. The summed E-state index contributed by atoms with van der Waals surface area (Å²) in [6.07, 6.45) is 25.5. The maximum atomic E-state index is 12.3. The largest absolute Gasteiger partial charge is 0.481 e. The molecular formula is C35H52O6. The molecule has 228 valence electrons. The van der Waals surface area contributed by atoms with Crippen molar-refractivity contribution in [2.75, 3.05) is 0 Å². The van der Waals surface area contributed by atoms with Gasteiger partial charge in [0.05, 0.1) is 11.5 Å². The predicted molar refractivity (Wildman–Crippen MR) is 164 cm³/mol. The van der Waals surface area contributed by atoms with Crippen LogP contribution in [0, 0.1) is 5.92 Å². The monoisotopic (exact) mass is 568 g/mol. The highest BCUT2D eigenvalue weighted by Gasteiger charge is 2.36. The van der Waals surface area contributed by atoms with Crippen LogP contribution in [0.5, 0.6) is 0 Å². The third kappa shape index (κ3) is 10.0. The Bertz CT molecular complexity index is 1060. The molecule has 0 bridgehead atoms. The van der Waals surface area contributed by atoms with Gasteiger partial charge < -0.3 is 15.3 Å². The fraction of sp³-hybridized carbons (Fsp3) is 0.686. The van der Waals surface area contributed by atoms with E-state index >= 15 is 0 Å². The molecule has 0 aromatic heterocycles. The van der Waals surface area contributed by atoms with Crippen molar-refractivity contribution in [3.05, 3.63) is 39.5 Å². The Labute approximate surface area is 246 Å². The first kappa shape index (κ1) is 32.9. The summed E-state index contributed by atoms with van der Waals surface area (Å²) in [6.45, 7) is 2.27. The zero-order valence-electron chi connectivity index (χ0n) is 25.2. The second-order valence-corrected chi connectivity index (χ2v) is 12.5. The summed E-state index contributed by atoms with van der Waals surface area (Å²) < 4.78 is 0. The number of rotatable bonds is 20. The Morgan fingerprint density at radius 1 is 0.732 bits per heavy atom. The highest BCUT2D eigenvalue weighted by Crippen LogP contribution is 2.43. The number of carbonyl (C=O) groups is 3. The van der Waals surface area contributed by atoms with Gasteiger partial charge in [-0.05, 0) is 66.0 Å². The second kappa shape index (κ2) is 17.4. The zero-order chi connectivity index (χ0) is 29.6. The lowest BCUT2D eigenvalue weighted by molar-refractivity contribution is -0.139. The van der Waals surface area contributed by atoms with E-state index in [4.69, 9.17) is 0 Å². The molecule has 2 aliphatic carbocycles. The number of aromatic carboxylic acids is 1. The Morgan fingerprint density at radius 2 is 1.27 bits per heavy atom. The van der Waals surface area contributed by atoms with E-state index in [1.54, 1.807) is 6.07 Å². The van der Waals surface area contributed by atoms with E-state index in [2.05, 4.69) is 6.92 Å². The molecule has 0 saturated carbocycles. The minimum atomic E-state index is -1.10. The van der Waals surface area contributed by atoms with Crippen LogP contribution in [0.3, 0.4) is 0 Å². The summed E-state index contributed by atoms with van der Waals surface area (Å²) >= 11 is 0. The molecule has 1 aromatic rings. The first-order valence-electron chi connectivity index (χ1n) is 16.4. The molecule has 6 heteroatoms. The Balaban J connectivity index is 1.41. The lowest BCUT2D eigenvalue weighted by atomic mass is 9.70. The van der Waals surface area contributed by atoms with Crippen LogP contribution in [-0.2, 0) is 22.4 Å². The molecule has 2 atom stereocenters. The normalized spacial score (nSPS) is 17.9. The van der Waals surface area contributed by atoms with Gasteiger partial charge in [0.2, 0.25) is 0 Å². The van der Waals surface area contributed by atoms with Crippen molar-refractivity contribution in [1.82, 2.24) is 0 Å². The highest BCUT2D eigenvalue weighted by atomic mass is 16.4. The Morgan fingerprint density at radius 3 is 1.76 bits per heavy atom. The number of carboxylic acids is 3. The number of carboxylic acid groups (broad SMARTS) is 3. The summed E-state index contributed by atoms with van der Waals surface area (Å²) in [4.78, 5) is 35.9. The van der Waals surface area contributed by atoms with E-state index in [1.807, 2.05) is 0 Å². The molecule has 0 heterocycles. The van der Waals surface area contributed by atoms with Crippen LogP contribution in [0.25, 0.3) is 6.08 Å². The van der Waals surface area contributed by atoms with Gasteiger partial charge in [-0.3, -0.25) is 4.79 Å². The van der Waals surface area contributed by atoms with Crippen LogP contribution in [0.15, 0.2) is 11.6 Å². The number of unbranched alkanes of at least 4 members (excludes halogenated alkanes) is 15. The SMILES string of the molecule is CCCCCCCCCCCCCCCCCCC1Cc2cc(C(=O)O)c3c(c2C(C(=O)O)C1)CCC(C(=O)O)=C3. The number of fused-ring (bicyclic) bond motifs is 3. The smallest absolute Gasteiger partial charge is 0.336 e. The van der Waals surface area contributed by atoms with E-state index in [-0.39, 0.29) is 23.5 Å². The molecule has 2 unspecified atom stereocenters. The van der Waals surface area contributed by atoms with Crippen molar-refractivity contribution in [2.24, 2.45) is 5.92 Å². The van der Waals surface area contributed by atoms with Gasteiger partial charge in [0.1, 0.15) is 0 Å². The molecule has 3 rings (SSSR count). The van der Waals surface area contributed by atoms with Crippen molar-refractivity contribution in [3.63, 3.8) is 0 Å². The van der Waals surface area contributed by atoms with E-state index in [0.29, 0.717) is 24.8 Å². The lowest BCUT2D eigenvalue weighted by Crippen LogP contribution is -2.28. The molecule has 0 amide bonds. The second-order valence-electron chi connectivity index (χ2n) is 12.5. The standard InChI is InChI=1S/C35H52O6/c1-2-3-4-5-6-7-8-9-10-11-12-13-14-15-16-17-18-25-21-27-24-30(34(38)39)29-23-26(33(36)37)19-20-28(29)32(27)31(22-25)35(40)41/h23-25,31H,2-22H2,1H3,(H,36,37)(H,38,39)(H,40,41). The van der Waals surface area contributed by atoms with Crippen LogP contribution in [0.2, 0.25) is 0 Å². The number of aliphatic carboxylic acids is 2. The van der Waals surface area contributed by atoms with E-state index in [0.717, 1.165) is 36.0 Å². The van der Waals surface area contributed by atoms with Gasteiger partial charge in [0, 0.05) is 5.57 Å². The first-order chi connectivity index (χ1) is 19.8. The lowest BCUT2D eigenvalue weighted by Gasteiger charge is -2.33. The number of benzene rings is 1. The van der Waals surface area contributed by atoms with Gasteiger partial charge in [-0.15, -0.1) is 0 Å². The molecule has 41 heavy (non-hydrogen) atoms. The Kier molecular flexibility index (Phi) is 13.9. The number of hydrogen-bond acceptors (Lipinski definition) is 3. The first-order valence-corrected chi connectivity index (χ1v) is 16.4. The minimum absolute atomic E-state index is 0.0874. The predicted octanol–water partition coefficient (Wildman–Crippen LogP) is 9.18. The molecular weight excluding hydrogens is 516 g/mol. The molecule has 0 saturated heterocycles. The molecule has 1 aromatic carbocycles. The molecule has 0 aliphatic heterocycles. The van der Waals surface area contributed by atoms with Crippen molar-refractivity contribution in [1.29, 1.82) is 0 Å². The topological polar surface area (TPSA) is 112 Å². The van der Waals surface area contributed by atoms with E-state index < -0.39 is 23.8 Å². The van der Waals surface area contributed by atoms with Gasteiger partial charge in [-0.1, -0.05) is 116 Å². The van der Waals surface area contributed by atoms with Crippen LogP contribution in [-0.4, -0.2) is 33.2 Å². The van der Waals surface area contributed by atoms with Gasteiger partial charge in [-0.25, -0.2) is 9.59 Å². The highest BCUT2D eigenvalue weighted by molar-refractivity contribution is 5.99. The minimum Gasteiger partial charge on any atom is -0.481 e. The molecule has 6 nitrogen and oxygen atoms in total. The Hall–Kier alpha value is -2.63. The van der Waals surface area contributed by atoms with Crippen LogP contribution >= 0.6 is 0 Å². The average Bonchev–Trinajstić information content (AvgIpc) is 2.95. The van der Waals surface area contributed by atoms with Gasteiger partial charge in [0.15, 0.2) is 0 Å². The maximum Gasteiger partial charge on any atom is 0.336 e. The summed E-state index contributed by atoms with van der Waals surface area (Å²) in [7, 11) is 0. The van der Waals surface area contributed by atoms with Crippen molar-refractivity contribution in [2.45, 2.75) is 148 Å². The van der Waals surface area contributed by atoms with E-state index in [1.165, 1.54) is 96.0 Å². The van der Waals surface area contributed by atoms with Gasteiger partial charge in [-0.2, -0.15) is 0 Å². The van der Waals surface area contributed by atoms with Crippen LogP contribution in [0.1, 0.15) is 167 Å². The third-order valence-electron chi connectivity index (χ3n) is 9.26. The number of hydrogen-bond donors (Lipinski definition) is 3.